The highest BCUT2D eigenvalue weighted by Gasteiger charge is 2.18. The SMILES string of the molecule is COCCn1cc(-c2ccc(O)c(F)c2F)c(Cl)n1. The first-order chi connectivity index (χ1) is 9.04. The van der Waals surface area contributed by atoms with Crippen LogP contribution in [0.15, 0.2) is 18.3 Å². The van der Waals surface area contributed by atoms with Gasteiger partial charge in [0.05, 0.1) is 13.2 Å². The second kappa shape index (κ2) is 5.54. The van der Waals surface area contributed by atoms with E-state index >= 15 is 0 Å². The summed E-state index contributed by atoms with van der Waals surface area (Å²) in [6, 6.07) is 2.31. The fourth-order valence-electron chi connectivity index (χ4n) is 1.63. The van der Waals surface area contributed by atoms with Crippen molar-refractivity contribution in [3.05, 3.63) is 35.1 Å². The van der Waals surface area contributed by atoms with Gasteiger partial charge in [0.1, 0.15) is 0 Å². The van der Waals surface area contributed by atoms with Crippen molar-refractivity contribution < 1.29 is 18.6 Å². The highest BCUT2D eigenvalue weighted by molar-refractivity contribution is 6.32. The summed E-state index contributed by atoms with van der Waals surface area (Å²) in [6.07, 6.45) is 1.50. The van der Waals surface area contributed by atoms with E-state index in [1.54, 1.807) is 7.11 Å². The molecule has 1 heterocycles. The molecule has 19 heavy (non-hydrogen) atoms. The average molecular weight is 289 g/mol. The molecule has 2 aromatic rings. The standard InChI is InChI=1S/C12H11ClF2N2O2/c1-19-5-4-17-6-8(12(13)16-17)7-2-3-9(18)11(15)10(7)14/h2-3,6,18H,4-5H2,1H3. The normalized spacial score (nSPS) is 10.9. The van der Waals surface area contributed by atoms with Gasteiger partial charge < -0.3 is 9.84 Å². The van der Waals surface area contributed by atoms with Crippen molar-refractivity contribution in [3.63, 3.8) is 0 Å². The van der Waals surface area contributed by atoms with Gasteiger partial charge in [0, 0.05) is 24.4 Å². The lowest BCUT2D eigenvalue weighted by molar-refractivity contribution is 0.183. The molecule has 0 saturated heterocycles. The number of aromatic hydroxyl groups is 1. The van der Waals surface area contributed by atoms with E-state index in [2.05, 4.69) is 5.10 Å². The predicted molar refractivity (Wildman–Crippen MR) is 66.1 cm³/mol. The zero-order valence-electron chi connectivity index (χ0n) is 10.0. The third-order valence-corrected chi connectivity index (χ3v) is 2.87. The van der Waals surface area contributed by atoms with Crippen LogP contribution >= 0.6 is 11.6 Å². The summed E-state index contributed by atoms with van der Waals surface area (Å²) >= 11 is 5.90. The first-order valence-corrected chi connectivity index (χ1v) is 5.81. The molecule has 0 radical (unpaired) electrons. The lowest BCUT2D eigenvalue weighted by Crippen LogP contribution is -2.04. The number of aromatic nitrogens is 2. The zero-order chi connectivity index (χ0) is 14.0. The average Bonchev–Trinajstić information content (AvgIpc) is 2.75. The van der Waals surface area contributed by atoms with E-state index in [4.69, 9.17) is 21.4 Å². The Morgan fingerprint density at radius 2 is 2.05 bits per heavy atom. The summed E-state index contributed by atoms with van der Waals surface area (Å²) in [6.45, 7) is 0.863. The molecule has 0 aliphatic heterocycles. The minimum absolute atomic E-state index is 0.0519. The first-order valence-electron chi connectivity index (χ1n) is 5.43. The number of phenols is 1. The molecule has 0 aliphatic rings. The van der Waals surface area contributed by atoms with Crippen LogP contribution < -0.4 is 0 Å². The lowest BCUT2D eigenvalue weighted by atomic mass is 10.1. The fourth-order valence-corrected chi connectivity index (χ4v) is 1.87. The number of nitrogens with zero attached hydrogens (tertiary/aromatic N) is 2. The number of halogens is 3. The van der Waals surface area contributed by atoms with Crippen molar-refractivity contribution in [1.82, 2.24) is 9.78 Å². The molecule has 1 N–H and O–H groups in total. The number of methoxy groups -OCH3 is 1. The summed E-state index contributed by atoms with van der Waals surface area (Å²) in [5.41, 5.74) is 0.207. The molecule has 0 spiro atoms. The van der Waals surface area contributed by atoms with E-state index in [0.29, 0.717) is 13.2 Å². The monoisotopic (exact) mass is 288 g/mol. The van der Waals surface area contributed by atoms with Gasteiger partial charge in [0.25, 0.3) is 0 Å². The van der Waals surface area contributed by atoms with Gasteiger partial charge in [-0.2, -0.15) is 9.49 Å². The molecule has 0 saturated carbocycles. The Morgan fingerprint density at radius 3 is 2.74 bits per heavy atom. The zero-order valence-corrected chi connectivity index (χ0v) is 10.8. The van der Waals surface area contributed by atoms with Crippen LogP contribution in [0.3, 0.4) is 0 Å². The van der Waals surface area contributed by atoms with Gasteiger partial charge >= 0.3 is 0 Å². The minimum Gasteiger partial charge on any atom is -0.505 e. The Balaban J connectivity index is 2.42. The number of ether oxygens (including phenoxy) is 1. The van der Waals surface area contributed by atoms with Crippen LogP contribution in [-0.2, 0) is 11.3 Å². The summed E-state index contributed by atoms with van der Waals surface area (Å²) < 4.78 is 33.4. The summed E-state index contributed by atoms with van der Waals surface area (Å²) in [5, 5.41) is 13.1. The molecule has 0 amide bonds. The van der Waals surface area contributed by atoms with Crippen molar-refractivity contribution in [2.24, 2.45) is 0 Å². The number of hydrogen-bond acceptors (Lipinski definition) is 3. The Morgan fingerprint density at radius 1 is 1.32 bits per heavy atom. The van der Waals surface area contributed by atoms with E-state index in [9.17, 15) is 8.78 Å². The van der Waals surface area contributed by atoms with Gasteiger partial charge in [-0.1, -0.05) is 11.6 Å². The molecule has 0 fully saturated rings. The molecule has 0 bridgehead atoms. The predicted octanol–water partition coefficient (Wildman–Crippen LogP) is 2.83. The summed E-state index contributed by atoms with van der Waals surface area (Å²) in [4.78, 5) is 0. The molecule has 2 rings (SSSR count). The second-order valence-electron chi connectivity index (χ2n) is 3.85. The molecule has 4 nitrogen and oxygen atoms in total. The molecular weight excluding hydrogens is 278 g/mol. The Hall–Kier alpha value is -1.66. The van der Waals surface area contributed by atoms with E-state index in [1.807, 2.05) is 0 Å². The van der Waals surface area contributed by atoms with Crippen molar-refractivity contribution in [2.75, 3.05) is 13.7 Å². The molecule has 1 aromatic heterocycles. The van der Waals surface area contributed by atoms with Crippen LogP contribution in [-0.4, -0.2) is 28.6 Å². The highest BCUT2D eigenvalue weighted by atomic mass is 35.5. The quantitative estimate of drug-likeness (QED) is 0.941. The number of phenolic OH excluding ortho intramolecular Hbond substituents is 1. The minimum atomic E-state index is -1.31. The first kappa shape index (κ1) is 13.8. The molecular formula is C12H11ClF2N2O2. The molecule has 7 heteroatoms. The van der Waals surface area contributed by atoms with Gasteiger partial charge in [0.2, 0.25) is 5.82 Å². The van der Waals surface area contributed by atoms with Crippen LogP contribution in [0.4, 0.5) is 8.78 Å². The summed E-state index contributed by atoms with van der Waals surface area (Å²) in [7, 11) is 1.54. The number of hydrogen-bond donors (Lipinski definition) is 1. The number of rotatable bonds is 4. The van der Waals surface area contributed by atoms with Crippen LogP contribution in [0.5, 0.6) is 5.75 Å². The Kier molecular flexibility index (Phi) is 4.01. The van der Waals surface area contributed by atoms with Gasteiger partial charge in [-0.25, -0.2) is 4.39 Å². The lowest BCUT2D eigenvalue weighted by Gasteiger charge is -2.03. The smallest absolute Gasteiger partial charge is 0.200 e. The molecule has 1 aromatic carbocycles. The van der Waals surface area contributed by atoms with Crippen molar-refractivity contribution >= 4 is 11.6 Å². The number of benzene rings is 1. The van der Waals surface area contributed by atoms with Crippen molar-refractivity contribution in [1.29, 1.82) is 0 Å². The van der Waals surface area contributed by atoms with Gasteiger partial charge in [-0.05, 0) is 12.1 Å². The van der Waals surface area contributed by atoms with Gasteiger partial charge in [-0.3, -0.25) is 4.68 Å². The fraction of sp³-hybridized carbons (Fsp3) is 0.250. The van der Waals surface area contributed by atoms with Crippen LogP contribution in [0.25, 0.3) is 11.1 Å². The molecule has 102 valence electrons. The van der Waals surface area contributed by atoms with E-state index in [-0.39, 0.29) is 16.3 Å². The van der Waals surface area contributed by atoms with Crippen molar-refractivity contribution in [3.8, 4) is 16.9 Å². The maximum atomic E-state index is 13.7. The van der Waals surface area contributed by atoms with E-state index < -0.39 is 17.4 Å². The Labute approximate surface area is 113 Å². The highest BCUT2D eigenvalue weighted by Crippen LogP contribution is 2.32. The largest absolute Gasteiger partial charge is 0.505 e. The van der Waals surface area contributed by atoms with Crippen LogP contribution in [0.1, 0.15) is 0 Å². The molecule has 0 unspecified atom stereocenters. The van der Waals surface area contributed by atoms with Crippen LogP contribution in [0.2, 0.25) is 5.15 Å². The summed E-state index contributed by atoms with van der Waals surface area (Å²) in [5.74, 6) is -3.21. The van der Waals surface area contributed by atoms with Gasteiger partial charge in [-0.15, -0.1) is 0 Å². The van der Waals surface area contributed by atoms with E-state index in [0.717, 1.165) is 6.07 Å². The van der Waals surface area contributed by atoms with Gasteiger partial charge in [0.15, 0.2) is 16.7 Å². The maximum absolute atomic E-state index is 13.7. The van der Waals surface area contributed by atoms with E-state index in [1.165, 1.54) is 16.9 Å². The van der Waals surface area contributed by atoms with Crippen LogP contribution in [0, 0.1) is 11.6 Å². The van der Waals surface area contributed by atoms with Crippen molar-refractivity contribution in [2.45, 2.75) is 6.54 Å². The third-order valence-electron chi connectivity index (χ3n) is 2.59. The second-order valence-corrected chi connectivity index (χ2v) is 4.21. The topological polar surface area (TPSA) is 47.3 Å². The maximum Gasteiger partial charge on any atom is 0.200 e. The third kappa shape index (κ3) is 2.69. The molecule has 0 atom stereocenters. The Bertz CT molecular complexity index is 602. The molecule has 0 aliphatic carbocycles.